The van der Waals surface area contributed by atoms with Crippen LogP contribution in [0, 0.1) is 0 Å². The van der Waals surface area contributed by atoms with Gasteiger partial charge in [0.15, 0.2) is 11.5 Å². The van der Waals surface area contributed by atoms with Crippen molar-refractivity contribution >= 4 is 28.6 Å². The number of hydrogen-bond donors (Lipinski definition) is 1. The van der Waals surface area contributed by atoms with Gasteiger partial charge in [0, 0.05) is 18.0 Å². The molecule has 3 rings (SSSR count). The third-order valence-electron chi connectivity index (χ3n) is 5.22. The molecule has 0 saturated carbocycles. The summed E-state index contributed by atoms with van der Waals surface area (Å²) in [5.41, 5.74) is 7.65. The third-order valence-corrected chi connectivity index (χ3v) is 5.22. The molecule has 0 amide bonds. The van der Waals surface area contributed by atoms with Gasteiger partial charge in [0.05, 0.1) is 25.3 Å². The minimum Gasteiger partial charge on any atom is -0.493 e. The maximum Gasteiger partial charge on any atom is 0.229 e. The first kappa shape index (κ1) is 19.9. The number of piperidine rings is 1. The highest BCUT2D eigenvalue weighted by Gasteiger charge is 2.33. The molecule has 2 aromatic rings. The zero-order chi connectivity index (χ0) is 20.3. The summed E-state index contributed by atoms with van der Waals surface area (Å²) in [5, 5.41) is 0.698. The van der Waals surface area contributed by atoms with Crippen LogP contribution in [0.25, 0.3) is 10.9 Å². The van der Waals surface area contributed by atoms with Gasteiger partial charge in [-0.2, -0.15) is 4.98 Å². The lowest BCUT2D eigenvalue weighted by atomic mass is 10.0. The number of anilines is 2. The highest BCUT2D eigenvalue weighted by Crippen LogP contribution is 2.35. The van der Waals surface area contributed by atoms with Gasteiger partial charge in [-0.05, 0) is 32.0 Å². The van der Waals surface area contributed by atoms with Gasteiger partial charge in [-0.3, -0.25) is 4.90 Å². The molecule has 0 radical (unpaired) electrons. The van der Waals surface area contributed by atoms with Gasteiger partial charge in [0.2, 0.25) is 5.95 Å². The number of nitrogen functional groups attached to an aromatic ring is 1. The molecule has 1 unspecified atom stereocenters. The molecule has 8 nitrogen and oxygen atoms in total. The number of carbonyl (C=O) groups excluding carboxylic acids is 1. The fourth-order valence-corrected chi connectivity index (χ4v) is 3.77. The van der Waals surface area contributed by atoms with Crippen molar-refractivity contribution in [3.8, 4) is 11.5 Å². The highest BCUT2D eigenvalue weighted by molar-refractivity contribution is 5.91. The van der Waals surface area contributed by atoms with Crippen LogP contribution < -0.4 is 20.1 Å². The molecule has 1 saturated heterocycles. The molecule has 8 heteroatoms. The lowest BCUT2D eigenvalue weighted by Crippen LogP contribution is -2.53. The Morgan fingerprint density at radius 3 is 2.50 bits per heavy atom. The molecular weight excluding hydrogens is 358 g/mol. The Morgan fingerprint density at radius 2 is 1.89 bits per heavy atom. The average Bonchev–Trinajstić information content (AvgIpc) is 2.73. The van der Waals surface area contributed by atoms with Crippen LogP contribution in [0.3, 0.4) is 0 Å². The summed E-state index contributed by atoms with van der Waals surface area (Å²) in [4.78, 5) is 25.2. The van der Waals surface area contributed by atoms with Crippen LogP contribution in [0.15, 0.2) is 17.7 Å². The fourth-order valence-electron chi connectivity index (χ4n) is 3.77. The van der Waals surface area contributed by atoms with Crippen molar-refractivity contribution in [3.63, 3.8) is 0 Å². The Labute approximate surface area is 164 Å². The Morgan fingerprint density at radius 1 is 1.21 bits per heavy atom. The molecule has 28 heavy (non-hydrogen) atoms. The van der Waals surface area contributed by atoms with Crippen LogP contribution >= 0.6 is 0 Å². The summed E-state index contributed by atoms with van der Waals surface area (Å²) in [6.45, 7) is 6.50. The van der Waals surface area contributed by atoms with Crippen molar-refractivity contribution in [3.05, 3.63) is 17.7 Å². The lowest BCUT2D eigenvalue weighted by molar-refractivity contribution is 0.221. The maximum absolute atomic E-state index is 11.6. The summed E-state index contributed by atoms with van der Waals surface area (Å²) >= 11 is 0. The molecule has 1 fully saturated rings. The van der Waals surface area contributed by atoms with Gasteiger partial charge in [0.25, 0.3) is 0 Å². The molecule has 1 aromatic carbocycles. The van der Waals surface area contributed by atoms with E-state index in [1.54, 1.807) is 26.4 Å². The standard InChI is InChI=1S/C20H27N5O3/c1-5-24(6-2)19-13(12-26)8-7-9-25(19)20-22-15-11-17(28-4)16(27-3)10-14(15)18(21)23-20/h10-11,19H,5-9H2,1-4H3,(H2,21,22,23). The van der Waals surface area contributed by atoms with Crippen LogP contribution in [0.5, 0.6) is 11.5 Å². The van der Waals surface area contributed by atoms with E-state index in [4.69, 9.17) is 20.2 Å². The summed E-state index contributed by atoms with van der Waals surface area (Å²) in [7, 11) is 3.15. The minimum atomic E-state index is -0.210. The zero-order valence-corrected chi connectivity index (χ0v) is 16.9. The Hall–Kier alpha value is -2.83. The van der Waals surface area contributed by atoms with Crippen LogP contribution in [-0.4, -0.2) is 60.8 Å². The van der Waals surface area contributed by atoms with Crippen LogP contribution in [0.4, 0.5) is 11.8 Å². The summed E-state index contributed by atoms with van der Waals surface area (Å²) in [6, 6.07) is 3.57. The second-order valence-corrected chi connectivity index (χ2v) is 6.65. The van der Waals surface area contributed by atoms with E-state index in [-0.39, 0.29) is 6.17 Å². The van der Waals surface area contributed by atoms with Gasteiger partial charge in [-0.15, -0.1) is 0 Å². The number of aromatic nitrogens is 2. The van der Waals surface area contributed by atoms with Crippen LogP contribution in [-0.2, 0) is 4.79 Å². The number of likely N-dealkylation sites (N-methyl/N-ethyl adjacent to an activating group) is 1. The third kappa shape index (κ3) is 3.48. The SMILES string of the molecule is CCN(CC)C1C(=C=O)CCCN1c1nc(N)c2cc(OC)c(OC)cc2n1. The molecule has 0 bridgehead atoms. The van der Waals surface area contributed by atoms with Gasteiger partial charge in [0.1, 0.15) is 17.9 Å². The normalized spacial score (nSPS) is 17.1. The Balaban J connectivity index is 2.13. The Kier molecular flexibility index (Phi) is 6.02. The first-order chi connectivity index (χ1) is 13.6. The first-order valence-electron chi connectivity index (χ1n) is 9.51. The zero-order valence-electron chi connectivity index (χ0n) is 16.9. The molecule has 2 N–H and O–H groups in total. The van der Waals surface area contributed by atoms with E-state index in [2.05, 4.69) is 29.7 Å². The average molecular weight is 385 g/mol. The van der Waals surface area contributed by atoms with E-state index < -0.39 is 0 Å². The van der Waals surface area contributed by atoms with Crippen molar-refractivity contribution in [2.24, 2.45) is 0 Å². The molecule has 1 aliphatic heterocycles. The van der Waals surface area contributed by atoms with Gasteiger partial charge >= 0.3 is 0 Å². The van der Waals surface area contributed by atoms with Crippen molar-refractivity contribution in [2.45, 2.75) is 32.9 Å². The largest absolute Gasteiger partial charge is 0.493 e. The van der Waals surface area contributed by atoms with Crippen molar-refractivity contribution in [1.82, 2.24) is 14.9 Å². The van der Waals surface area contributed by atoms with Crippen molar-refractivity contribution in [2.75, 3.05) is 44.5 Å². The quantitative estimate of drug-likeness (QED) is 0.757. The Bertz CT molecular complexity index is 906. The van der Waals surface area contributed by atoms with Gasteiger partial charge in [-0.25, -0.2) is 9.78 Å². The lowest BCUT2D eigenvalue weighted by Gasteiger charge is -2.42. The van der Waals surface area contributed by atoms with E-state index in [0.29, 0.717) is 34.2 Å². The van der Waals surface area contributed by atoms with E-state index in [1.807, 2.05) is 4.90 Å². The molecule has 2 heterocycles. The number of nitrogens with two attached hydrogens (primary N) is 1. The maximum atomic E-state index is 11.6. The number of fused-ring (bicyclic) bond motifs is 1. The second kappa shape index (κ2) is 8.46. The van der Waals surface area contributed by atoms with E-state index in [1.165, 1.54) is 0 Å². The second-order valence-electron chi connectivity index (χ2n) is 6.65. The van der Waals surface area contributed by atoms with Crippen molar-refractivity contribution in [1.29, 1.82) is 0 Å². The number of benzene rings is 1. The monoisotopic (exact) mass is 385 g/mol. The van der Waals surface area contributed by atoms with E-state index in [9.17, 15) is 4.79 Å². The summed E-state index contributed by atoms with van der Waals surface area (Å²) < 4.78 is 10.7. The van der Waals surface area contributed by atoms with Crippen LogP contribution in [0.1, 0.15) is 26.7 Å². The summed E-state index contributed by atoms with van der Waals surface area (Å²) in [5.74, 6) is 4.16. The van der Waals surface area contributed by atoms with Crippen LogP contribution in [0.2, 0.25) is 0 Å². The van der Waals surface area contributed by atoms with E-state index >= 15 is 0 Å². The smallest absolute Gasteiger partial charge is 0.229 e. The number of rotatable bonds is 6. The first-order valence-corrected chi connectivity index (χ1v) is 9.51. The molecule has 0 spiro atoms. The molecule has 1 aliphatic rings. The molecular formula is C20H27N5O3. The molecule has 150 valence electrons. The number of nitrogens with zero attached hydrogens (tertiary/aromatic N) is 4. The number of methoxy groups -OCH3 is 2. The topological polar surface area (TPSA) is 93.8 Å². The minimum absolute atomic E-state index is 0.210. The predicted octanol–water partition coefficient (Wildman–Crippen LogP) is 2.26. The number of hydrogen-bond acceptors (Lipinski definition) is 8. The van der Waals surface area contributed by atoms with Crippen molar-refractivity contribution < 1.29 is 14.3 Å². The highest BCUT2D eigenvalue weighted by atomic mass is 16.5. The van der Waals surface area contributed by atoms with Gasteiger partial charge < -0.3 is 20.1 Å². The van der Waals surface area contributed by atoms with Gasteiger partial charge in [-0.1, -0.05) is 13.8 Å². The molecule has 0 aliphatic carbocycles. The number of ether oxygens (including phenoxy) is 2. The fraction of sp³-hybridized carbons (Fsp3) is 0.500. The molecule has 1 aromatic heterocycles. The molecule has 1 atom stereocenters. The summed E-state index contributed by atoms with van der Waals surface area (Å²) in [6.07, 6.45) is 1.36. The van der Waals surface area contributed by atoms with E-state index in [0.717, 1.165) is 38.0 Å². The predicted molar refractivity (Wildman–Crippen MR) is 110 cm³/mol.